The van der Waals surface area contributed by atoms with E-state index in [2.05, 4.69) is 48.0 Å². The van der Waals surface area contributed by atoms with Gasteiger partial charge in [-0.05, 0) is 50.6 Å². The maximum atomic E-state index is 15.8. The number of benzene rings is 1. The minimum Gasteiger partial charge on any atom is -0.351 e. The largest absolute Gasteiger partial charge is 0.351 e. The lowest BCUT2D eigenvalue weighted by Crippen LogP contribution is -2.69. The zero-order chi connectivity index (χ0) is 31.1. The molecule has 4 heterocycles. The van der Waals surface area contributed by atoms with Crippen molar-refractivity contribution in [2.45, 2.75) is 76.9 Å². The SMILES string of the molecule is CCCSNc1cccc(-c2nc(C(C)(C)C)sc2-c2ccnc(NC3CC4(C3)CN(C(=O)C3(F)CCNCC3)C4)n2)c1F. The second kappa shape index (κ2) is 12.2. The molecular formula is C32H41F2N7OS2. The van der Waals surface area contributed by atoms with Gasteiger partial charge in [0, 0.05) is 60.3 Å². The number of rotatable bonds is 9. The van der Waals surface area contributed by atoms with E-state index in [-0.39, 0.29) is 41.4 Å². The molecule has 2 saturated heterocycles. The molecule has 1 amide bonds. The lowest BCUT2D eigenvalue weighted by molar-refractivity contribution is -0.165. The molecule has 1 spiro atoms. The lowest BCUT2D eigenvalue weighted by atomic mass is 9.60. The number of halogens is 2. The van der Waals surface area contributed by atoms with Gasteiger partial charge in [-0.3, -0.25) is 4.79 Å². The summed E-state index contributed by atoms with van der Waals surface area (Å²) in [4.78, 5) is 29.6. The van der Waals surface area contributed by atoms with Crippen molar-refractivity contribution in [1.82, 2.24) is 25.2 Å². The molecular weight excluding hydrogens is 601 g/mol. The number of likely N-dealkylation sites (tertiary alicyclic amines) is 1. The first-order valence-corrected chi connectivity index (χ1v) is 17.3. The van der Waals surface area contributed by atoms with Gasteiger partial charge in [0.15, 0.2) is 11.5 Å². The Morgan fingerprint density at radius 2 is 1.93 bits per heavy atom. The summed E-state index contributed by atoms with van der Waals surface area (Å²) in [5, 5.41) is 7.49. The molecule has 2 aliphatic heterocycles. The van der Waals surface area contributed by atoms with Crippen LogP contribution in [0.1, 0.15) is 64.8 Å². The Balaban J connectivity index is 1.16. The zero-order valence-corrected chi connectivity index (χ0v) is 27.4. The van der Waals surface area contributed by atoms with Gasteiger partial charge in [0.05, 0.1) is 27.0 Å². The van der Waals surface area contributed by atoms with Crippen LogP contribution in [0.4, 0.5) is 20.4 Å². The van der Waals surface area contributed by atoms with Crippen molar-refractivity contribution < 1.29 is 13.6 Å². The molecule has 6 rings (SSSR count). The van der Waals surface area contributed by atoms with E-state index in [1.54, 1.807) is 23.2 Å². The van der Waals surface area contributed by atoms with Crippen LogP contribution in [0, 0.1) is 11.2 Å². The second-order valence-electron chi connectivity index (χ2n) is 13.5. The third-order valence-electron chi connectivity index (χ3n) is 8.71. The maximum Gasteiger partial charge on any atom is 0.260 e. The molecule has 0 bridgehead atoms. The van der Waals surface area contributed by atoms with Crippen molar-refractivity contribution >= 4 is 40.8 Å². The Kier molecular flexibility index (Phi) is 8.62. The van der Waals surface area contributed by atoms with E-state index < -0.39 is 5.67 Å². The molecule has 12 heteroatoms. The van der Waals surface area contributed by atoms with E-state index in [0.717, 1.165) is 34.9 Å². The highest BCUT2D eigenvalue weighted by atomic mass is 32.2. The van der Waals surface area contributed by atoms with Crippen molar-refractivity contribution in [3.63, 3.8) is 0 Å². The normalized spacial score (nSPS) is 19.4. The van der Waals surface area contributed by atoms with Crippen molar-refractivity contribution in [2.75, 3.05) is 42.0 Å². The molecule has 1 aromatic carbocycles. The number of amides is 1. The highest BCUT2D eigenvalue weighted by Crippen LogP contribution is 2.50. The van der Waals surface area contributed by atoms with Crippen molar-refractivity contribution in [3.05, 3.63) is 41.3 Å². The fourth-order valence-electron chi connectivity index (χ4n) is 6.33. The summed E-state index contributed by atoms with van der Waals surface area (Å²) >= 11 is 3.02. The molecule has 0 radical (unpaired) electrons. The monoisotopic (exact) mass is 641 g/mol. The van der Waals surface area contributed by atoms with Crippen LogP contribution in [0.25, 0.3) is 21.8 Å². The van der Waals surface area contributed by atoms with Crippen LogP contribution in [-0.4, -0.2) is 69.4 Å². The van der Waals surface area contributed by atoms with Crippen LogP contribution in [0.2, 0.25) is 0 Å². The number of piperidine rings is 1. The van der Waals surface area contributed by atoms with Gasteiger partial charge in [-0.2, -0.15) is 0 Å². The summed E-state index contributed by atoms with van der Waals surface area (Å²) in [7, 11) is 0. The third kappa shape index (κ3) is 6.17. The van der Waals surface area contributed by atoms with Gasteiger partial charge >= 0.3 is 0 Å². The van der Waals surface area contributed by atoms with Gasteiger partial charge in [0.2, 0.25) is 5.95 Å². The zero-order valence-electron chi connectivity index (χ0n) is 25.8. The minimum absolute atomic E-state index is 0.0483. The topological polar surface area (TPSA) is 95.1 Å². The van der Waals surface area contributed by atoms with Crippen LogP contribution >= 0.6 is 23.3 Å². The molecule has 0 unspecified atom stereocenters. The molecule has 236 valence electrons. The maximum absolute atomic E-state index is 15.8. The third-order valence-corrected chi connectivity index (χ3v) is 11.2. The van der Waals surface area contributed by atoms with Crippen molar-refractivity contribution in [2.24, 2.45) is 5.41 Å². The van der Waals surface area contributed by atoms with E-state index >= 15 is 8.78 Å². The number of nitrogens with one attached hydrogen (secondary N) is 3. The summed E-state index contributed by atoms with van der Waals surface area (Å²) in [6, 6.07) is 7.38. The van der Waals surface area contributed by atoms with Gasteiger partial charge < -0.3 is 20.3 Å². The van der Waals surface area contributed by atoms with Crippen LogP contribution in [0.3, 0.4) is 0 Å². The number of alkyl halides is 1. The van der Waals surface area contributed by atoms with E-state index in [9.17, 15) is 4.79 Å². The predicted octanol–water partition coefficient (Wildman–Crippen LogP) is 6.67. The molecule has 8 nitrogen and oxygen atoms in total. The summed E-state index contributed by atoms with van der Waals surface area (Å²) in [6.07, 6.45) is 4.97. The fourth-order valence-corrected chi connectivity index (χ4v) is 8.06. The Hall–Kier alpha value is -2.83. The molecule has 1 aliphatic carbocycles. The minimum atomic E-state index is -1.72. The molecule has 1 saturated carbocycles. The lowest BCUT2D eigenvalue weighted by Gasteiger charge is -2.59. The number of nitrogens with zero attached hydrogens (tertiary/aromatic N) is 4. The molecule has 0 atom stereocenters. The average molecular weight is 642 g/mol. The van der Waals surface area contributed by atoms with E-state index in [4.69, 9.17) is 9.97 Å². The average Bonchev–Trinajstić information content (AvgIpc) is 3.41. The number of carbonyl (C=O) groups is 1. The number of anilines is 2. The number of hydrogen-bond donors (Lipinski definition) is 3. The summed E-state index contributed by atoms with van der Waals surface area (Å²) in [6.45, 7) is 10.7. The van der Waals surface area contributed by atoms with Crippen LogP contribution in [-0.2, 0) is 10.2 Å². The van der Waals surface area contributed by atoms with Crippen molar-refractivity contribution in [3.8, 4) is 21.8 Å². The second-order valence-corrected chi connectivity index (χ2v) is 15.4. The first kappa shape index (κ1) is 31.2. The Labute approximate surface area is 266 Å². The molecule has 3 aliphatic rings. The van der Waals surface area contributed by atoms with Gasteiger partial charge in [0.25, 0.3) is 5.91 Å². The molecule has 44 heavy (non-hydrogen) atoms. The number of carbonyl (C=O) groups excluding carboxylic acids is 1. The van der Waals surface area contributed by atoms with Gasteiger partial charge in [0.1, 0.15) is 0 Å². The number of aromatic nitrogens is 3. The number of hydrogen-bond acceptors (Lipinski definition) is 9. The Morgan fingerprint density at radius 1 is 1.18 bits per heavy atom. The fraction of sp³-hybridized carbons (Fsp3) is 0.562. The van der Waals surface area contributed by atoms with Crippen LogP contribution < -0.4 is 15.4 Å². The summed E-state index contributed by atoms with van der Waals surface area (Å²) < 4.78 is 34.1. The quantitative estimate of drug-likeness (QED) is 0.176. The highest BCUT2D eigenvalue weighted by molar-refractivity contribution is 8.00. The van der Waals surface area contributed by atoms with Crippen LogP contribution in [0.15, 0.2) is 30.5 Å². The van der Waals surface area contributed by atoms with E-state index in [1.807, 2.05) is 12.1 Å². The predicted molar refractivity (Wildman–Crippen MR) is 175 cm³/mol. The summed E-state index contributed by atoms with van der Waals surface area (Å²) in [5.41, 5.74) is 0.247. The standard InChI is InChI=1S/C32H41F2N7OS2/c1-5-15-43-40-22-8-6-7-21(24(22)33)25-26(44-27(39-25)30(2,3)4)23-9-12-36-29(38-23)37-20-16-31(17-20)18-41(19-31)28(42)32(34)10-13-35-14-11-32/h6-9,12,20,35,40H,5,10-11,13-19H2,1-4H3,(H,36,37,38). The molecule has 3 fully saturated rings. The van der Waals surface area contributed by atoms with E-state index in [1.165, 1.54) is 23.3 Å². The highest BCUT2D eigenvalue weighted by Gasteiger charge is 2.56. The first-order valence-electron chi connectivity index (χ1n) is 15.5. The molecule has 3 aromatic rings. The summed E-state index contributed by atoms with van der Waals surface area (Å²) in [5.74, 6) is 0.716. The Bertz CT molecular complexity index is 1500. The van der Waals surface area contributed by atoms with Crippen molar-refractivity contribution in [1.29, 1.82) is 0 Å². The Morgan fingerprint density at radius 3 is 2.64 bits per heavy atom. The first-order chi connectivity index (χ1) is 21.0. The van der Waals surface area contributed by atoms with Gasteiger partial charge in [-0.25, -0.2) is 23.7 Å². The van der Waals surface area contributed by atoms with Crippen LogP contribution in [0.5, 0.6) is 0 Å². The van der Waals surface area contributed by atoms with Gasteiger partial charge in [-0.1, -0.05) is 45.7 Å². The van der Waals surface area contributed by atoms with Gasteiger partial charge in [-0.15, -0.1) is 11.3 Å². The van der Waals surface area contributed by atoms with E-state index in [0.29, 0.717) is 54.8 Å². The smallest absolute Gasteiger partial charge is 0.260 e. The molecule has 2 aromatic heterocycles. The molecule has 3 N–H and O–H groups in total. The number of thiazole rings is 1.